The van der Waals surface area contributed by atoms with E-state index in [4.69, 9.17) is 0 Å². The van der Waals surface area contributed by atoms with Crippen molar-refractivity contribution in [2.45, 2.75) is 62.1 Å². The summed E-state index contributed by atoms with van der Waals surface area (Å²) in [5, 5.41) is 4.57. The molecule has 1 aliphatic heterocycles. The molecular weight excluding hydrogens is 262 g/mol. The fourth-order valence-corrected chi connectivity index (χ4v) is 5.35. The van der Waals surface area contributed by atoms with E-state index in [1.54, 1.807) is 5.56 Å². The zero-order valence-electron chi connectivity index (χ0n) is 12.8. The molecule has 4 unspecified atom stereocenters. The second-order valence-electron chi connectivity index (χ2n) is 6.54. The molecule has 1 nitrogen and oxygen atoms in total. The lowest BCUT2D eigenvalue weighted by Crippen LogP contribution is -2.33. The topological polar surface area (TPSA) is 12.0 Å². The maximum absolute atomic E-state index is 3.75. The third-order valence-electron chi connectivity index (χ3n) is 5.16. The van der Waals surface area contributed by atoms with Crippen molar-refractivity contribution < 1.29 is 0 Å². The van der Waals surface area contributed by atoms with Crippen molar-refractivity contribution in [3.05, 3.63) is 29.8 Å². The molecule has 0 bridgehead atoms. The number of thioether (sulfide) groups is 1. The number of hydrogen-bond donors (Lipinski definition) is 1. The van der Waals surface area contributed by atoms with E-state index in [9.17, 15) is 0 Å². The molecule has 2 aliphatic rings. The van der Waals surface area contributed by atoms with Gasteiger partial charge in [-0.1, -0.05) is 32.0 Å². The Morgan fingerprint density at radius 2 is 2.10 bits per heavy atom. The molecule has 4 atom stereocenters. The molecule has 0 aromatic heterocycles. The first-order valence-corrected chi connectivity index (χ1v) is 9.13. The van der Waals surface area contributed by atoms with E-state index in [1.807, 2.05) is 0 Å². The molecule has 0 saturated heterocycles. The normalized spacial score (nSPS) is 32.5. The third kappa shape index (κ3) is 3.07. The van der Waals surface area contributed by atoms with Crippen LogP contribution in [0.2, 0.25) is 0 Å². The summed E-state index contributed by atoms with van der Waals surface area (Å²) in [6, 6.07) is 9.74. The van der Waals surface area contributed by atoms with E-state index in [2.05, 4.69) is 55.2 Å². The summed E-state index contributed by atoms with van der Waals surface area (Å²) in [5.74, 6) is 1.78. The Labute approximate surface area is 127 Å². The standard InChI is InChI=1S/C18H27NS/c1-3-10-19-17-9-8-14(13(17)2)11-16-12-15-6-4-5-7-18(15)20-16/h4-7,13-14,16-17,19H,3,8-12H2,1-2H3. The Bertz CT molecular complexity index is 420. The Morgan fingerprint density at radius 3 is 2.90 bits per heavy atom. The highest BCUT2D eigenvalue weighted by Crippen LogP contribution is 2.43. The van der Waals surface area contributed by atoms with Gasteiger partial charge in [0, 0.05) is 16.2 Å². The highest BCUT2D eigenvalue weighted by Gasteiger charge is 2.35. The van der Waals surface area contributed by atoms with Gasteiger partial charge in [-0.2, -0.15) is 0 Å². The van der Waals surface area contributed by atoms with Crippen molar-refractivity contribution in [3.63, 3.8) is 0 Å². The SMILES string of the molecule is CCCNC1CCC(CC2Cc3ccccc3S2)C1C. The van der Waals surface area contributed by atoms with Gasteiger partial charge < -0.3 is 5.32 Å². The Hall–Kier alpha value is -0.470. The quantitative estimate of drug-likeness (QED) is 0.856. The first-order chi connectivity index (χ1) is 9.78. The molecule has 0 amide bonds. The largest absolute Gasteiger partial charge is 0.314 e. The van der Waals surface area contributed by atoms with Gasteiger partial charge in [0.15, 0.2) is 0 Å². The minimum absolute atomic E-state index is 0.772. The fraction of sp³-hybridized carbons (Fsp3) is 0.667. The van der Waals surface area contributed by atoms with Crippen LogP contribution >= 0.6 is 11.8 Å². The monoisotopic (exact) mass is 289 g/mol. The summed E-state index contributed by atoms with van der Waals surface area (Å²) in [5.41, 5.74) is 1.58. The van der Waals surface area contributed by atoms with Crippen molar-refractivity contribution >= 4 is 11.8 Å². The lowest BCUT2D eigenvalue weighted by Gasteiger charge is -2.23. The second kappa shape index (κ2) is 6.53. The molecule has 1 N–H and O–H groups in total. The molecule has 1 saturated carbocycles. The highest BCUT2D eigenvalue weighted by atomic mass is 32.2. The predicted molar refractivity (Wildman–Crippen MR) is 88.4 cm³/mol. The zero-order chi connectivity index (χ0) is 13.9. The van der Waals surface area contributed by atoms with Crippen LogP contribution in [0.3, 0.4) is 0 Å². The number of nitrogens with one attached hydrogen (secondary N) is 1. The highest BCUT2D eigenvalue weighted by molar-refractivity contribution is 8.00. The molecule has 0 spiro atoms. The summed E-state index contributed by atoms with van der Waals surface area (Å²) in [7, 11) is 0. The van der Waals surface area contributed by atoms with E-state index in [1.165, 1.54) is 43.5 Å². The minimum atomic E-state index is 0.772. The molecular formula is C18H27NS. The third-order valence-corrected chi connectivity index (χ3v) is 6.51. The molecule has 3 rings (SSSR count). The van der Waals surface area contributed by atoms with Crippen LogP contribution in [-0.4, -0.2) is 17.8 Å². The van der Waals surface area contributed by atoms with Gasteiger partial charge in [-0.15, -0.1) is 11.8 Å². The van der Waals surface area contributed by atoms with E-state index in [-0.39, 0.29) is 0 Å². The van der Waals surface area contributed by atoms with Crippen LogP contribution in [0.4, 0.5) is 0 Å². The van der Waals surface area contributed by atoms with Crippen molar-refractivity contribution in [2.75, 3.05) is 6.54 Å². The predicted octanol–water partition coefficient (Wildman–Crippen LogP) is 4.51. The van der Waals surface area contributed by atoms with Crippen LogP contribution in [-0.2, 0) is 6.42 Å². The second-order valence-corrected chi connectivity index (χ2v) is 7.89. The minimum Gasteiger partial charge on any atom is -0.314 e. The molecule has 110 valence electrons. The maximum Gasteiger partial charge on any atom is 0.0138 e. The van der Waals surface area contributed by atoms with Gasteiger partial charge in [-0.05, 0) is 62.1 Å². The van der Waals surface area contributed by atoms with Crippen molar-refractivity contribution in [1.82, 2.24) is 5.32 Å². The molecule has 1 aliphatic carbocycles. The number of rotatable bonds is 5. The Kier molecular flexibility index (Phi) is 4.72. The van der Waals surface area contributed by atoms with E-state index < -0.39 is 0 Å². The number of fused-ring (bicyclic) bond motifs is 1. The molecule has 2 heteroatoms. The van der Waals surface area contributed by atoms with Gasteiger partial charge in [-0.25, -0.2) is 0 Å². The number of hydrogen-bond acceptors (Lipinski definition) is 2. The lowest BCUT2D eigenvalue weighted by atomic mass is 9.90. The van der Waals surface area contributed by atoms with Crippen LogP contribution in [0.25, 0.3) is 0 Å². The first-order valence-electron chi connectivity index (χ1n) is 8.26. The van der Waals surface area contributed by atoms with Gasteiger partial charge >= 0.3 is 0 Å². The summed E-state index contributed by atoms with van der Waals surface area (Å²) in [6.07, 6.45) is 6.76. The fourth-order valence-electron chi connectivity index (χ4n) is 3.92. The average Bonchev–Trinajstić information content (AvgIpc) is 3.01. The molecule has 1 fully saturated rings. The van der Waals surface area contributed by atoms with Crippen molar-refractivity contribution in [2.24, 2.45) is 11.8 Å². The molecule has 0 radical (unpaired) electrons. The van der Waals surface area contributed by atoms with Crippen LogP contribution in [0.5, 0.6) is 0 Å². The van der Waals surface area contributed by atoms with Gasteiger partial charge in [0.2, 0.25) is 0 Å². The van der Waals surface area contributed by atoms with Crippen LogP contribution in [0.15, 0.2) is 29.2 Å². The van der Waals surface area contributed by atoms with Crippen LogP contribution in [0.1, 0.15) is 45.1 Å². The van der Waals surface area contributed by atoms with E-state index in [0.29, 0.717) is 0 Å². The van der Waals surface area contributed by atoms with Gasteiger partial charge in [-0.3, -0.25) is 0 Å². The lowest BCUT2D eigenvalue weighted by molar-refractivity contribution is 0.335. The Morgan fingerprint density at radius 1 is 1.25 bits per heavy atom. The maximum atomic E-state index is 3.75. The summed E-state index contributed by atoms with van der Waals surface area (Å²) >= 11 is 2.12. The zero-order valence-corrected chi connectivity index (χ0v) is 13.6. The first kappa shape index (κ1) is 14.5. The van der Waals surface area contributed by atoms with Gasteiger partial charge in [0.05, 0.1) is 0 Å². The van der Waals surface area contributed by atoms with Gasteiger partial charge in [0.1, 0.15) is 0 Å². The average molecular weight is 289 g/mol. The van der Waals surface area contributed by atoms with Crippen molar-refractivity contribution in [3.8, 4) is 0 Å². The molecule has 20 heavy (non-hydrogen) atoms. The van der Waals surface area contributed by atoms with Crippen LogP contribution in [0, 0.1) is 11.8 Å². The van der Waals surface area contributed by atoms with E-state index in [0.717, 1.165) is 23.1 Å². The summed E-state index contributed by atoms with van der Waals surface area (Å²) < 4.78 is 0. The summed E-state index contributed by atoms with van der Waals surface area (Å²) in [4.78, 5) is 1.53. The molecule has 1 aromatic carbocycles. The van der Waals surface area contributed by atoms with Crippen LogP contribution < -0.4 is 5.32 Å². The molecule has 1 aromatic rings. The summed E-state index contributed by atoms with van der Waals surface area (Å²) in [6.45, 7) is 5.92. The van der Waals surface area contributed by atoms with E-state index >= 15 is 0 Å². The van der Waals surface area contributed by atoms with Crippen molar-refractivity contribution in [1.29, 1.82) is 0 Å². The smallest absolute Gasteiger partial charge is 0.0138 e. The molecule has 1 heterocycles. The number of benzene rings is 1. The Balaban J connectivity index is 1.53. The van der Waals surface area contributed by atoms with Gasteiger partial charge in [0.25, 0.3) is 0 Å².